The van der Waals surface area contributed by atoms with Gasteiger partial charge in [0.05, 0.1) is 6.61 Å². The molecular weight excluding hydrogens is 216 g/mol. The highest BCUT2D eigenvalue weighted by atomic mass is 79.9. The number of alkyl halides is 1. The SMILES string of the molecule is [2H]C([2H])(Br)C([2H])([2H])c1ccc2c(c1)CCO2. The molecule has 12 heavy (non-hydrogen) atoms. The van der Waals surface area contributed by atoms with Crippen LogP contribution in [0.4, 0.5) is 0 Å². The molecule has 64 valence electrons. The molecule has 0 atom stereocenters. The van der Waals surface area contributed by atoms with Gasteiger partial charge < -0.3 is 4.74 Å². The van der Waals surface area contributed by atoms with E-state index in [0.29, 0.717) is 12.2 Å². The highest BCUT2D eigenvalue weighted by Crippen LogP contribution is 2.25. The number of aryl methyl sites for hydroxylation is 1. The van der Waals surface area contributed by atoms with Crippen molar-refractivity contribution in [3.05, 3.63) is 29.3 Å². The van der Waals surface area contributed by atoms with Crippen LogP contribution in [0.3, 0.4) is 0 Å². The Balaban J connectivity index is 2.42. The Morgan fingerprint density at radius 2 is 2.50 bits per heavy atom. The molecule has 1 aliphatic rings. The van der Waals surface area contributed by atoms with E-state index in [0.717, 1.165) is 17.7 Å². The molecule has 2 heteroatoms. The topological polar surface area (TPSA) is 9.23 Å². The number of rotatable bonds is 2. The Hall–Kier alpha value is -0.500. The summed E-state index contributed by atoms with van der Waals surface area (Å²) in [6, 6.07) is 4.96. The van der Waals surface area contributed by atoms with Gasteiger partial charge in [0.1, 0.15) is 5.75 Å². The van der Waals surface area contributed by atoms with Gasteiger partial charge in [-0.2, -0.15) is 0 Å². The van der Waals surface area contributed by atoms with E-state index >= 15 is 0 Å². The van der Waals surface area contributed by atoms with E-state index in [-0.39, 0.29) is 0 Å². The van der Waals surface area contributed by atoms with Crippen molar-refractivity contribution in [3.8, 4) is 5.75 Å². The minimum Gasteiger partial charge on any atom is -0.493 e. The zero-order chi connectivity index (χ0) is 12.0. The van der Waals surface area contributed by atoms with Crippen molar-refractivity contribution in [2.24, 2.45) is 0 Å². The molecule has 0 saturated heterocycles. The van der Waals surface area contributed by atoms with Gasteiger partial charge in [-0.15, -0.1) is 0 Å². The second kappa shape index (κ2) is 3.48. The van der Waals surface area contributed by atoms with E-state index in [1.807, 2.05) is 0 Å². The number of fused-ring (bicyclic) bond motifs is 1. The molecule has 0 N–H and O–H groups in total. The molecule has 1 heterocycles. The van der Waals surface area contributed by atoms with Crippen LogP contribution in [0.15, 0.2) is 18.2 Å². The van der Waals surface area contributed by atoms with Crippen LogP contribution < -0.4 is 4.74 Å². The van der Waals surface area contributed by atoms with Crippen LogP contribution in [0.1, 0.15) is 16.6 Å². The van der Waals surface area contributed by atoms with Crippen LogP contribution in [-0.4, -0.2) is 11.9 Å². The lowest BCUT2D eigenvalue weighted by atomic mass is 10.1. The fraction of sp³-hybridized carbons (Fsp3) is 0.400. The zero-order valence-electron chi connectivity index (χ0n) is 10.4. The fourth-order valence-electron chi connectivity index (χ4n) is 1.32. The predicted octanol–water partition coefficient (Wildman–Crippen LogP) is 2.56. The van der Waals surface area contributed by atoms with E-state index in [9.17, 15) is 0 Å². The maximum Gasteiger partial charge on any atom is 0.122 e. The highest BCUT2D eigenvalue weighted by Gasteiger charge is 2.11. The number of halogens is 1. The number of hydrogen-bond acceptors (Lipinski definition) is 1. The Morgan fingerprint density at radius 3 is 3.33 bits per heavy atom. The third-order valence-corrected chi connectivity index (χ3v) is 2.08. The second-order valence-electron chi connectivity index (χ2n) is 2.64. The molecule has 2 rings (SSSR count). The minimum atomic E-state index is -2.09. The molecule has 0 bridgehead atoms. The van der Waals surface area contributed by atoms with E-state index in [4.69, 9.17) is 10.2 Å². The molecule has 1 aliphatic heterocycles. The van der Waals surface area contributed by atoms with Crippen molar-refractivity contribution >= 4 is 15.9 Å². The molecule has 1 aromatic carbocycles. The lowest BCUT2D eigenvalue weighted by molar-refractivity contribution is 0.357. The smallest absolute Gasteiger partial charge is 0.122 e. The summed E-state index contributed by atoms with van der Waals surface area (Å²) >= 11 is 2.74. The number of benzene rings is 1. The van der Waals surface area contributed by atoms with Gasteiger partial charge in [0.2, 0.25) is 0 Å². The van der Waals surface area contributed by atoms with Crippen LogP contribution in [0.5, 0.6) is 5.75 Å². The molecule has 0 spiro atoms. The second-order valence-corrected chi connectivity index (χ2v) is 3.04. The van der Waals surface area contributed by atoms with Gasteiger partial charge in [-0.25, -0.2) is 0 Å². The van der Waals surface area contributed by atoms with Crippen molar-refractivity contribution in [3.63, 3.8) is 0 Å². The summed E-state index contributed by atoms with van der Waals surface area (Å²) in [5.74, 6) is 0.773. The normalized spacial score (nSPS) is 21.4. The summed E-state index contributed by atoms with van der Waals surface area (Å²) in [7, 11) is 0. The molecule has 0 amide bonds. The molecule has 0 unspecified atom stereocenters. The van der Waals surface area contributed by atoms with Gasteiger partial charge in [-0.3, -0.25) is 0 Å². The van der Waals surface area contributed by atoms with Crippen LogP contribution in [-0.2, 0) is 12.8 Å². The van der Waals surface area contributed by atoms with Crippen molar-refractivity contribution in [1.82, 2.24) is 0 Å². The average molecular weight is 231 g/mol. The summed E-state index contributed by atoms with van der Waals surface area (Å²) in [6.07, 6.45) is -1.31. The van der Waals surface area contributed by atoms with Crippen molar-refractivity contribution in [2.75, 3.05) is 11.9 Å². The van der Waals surface area contributed by atoms with E-state index < -0.39 is 11.7 Å². The molecular formula is C10H11BrO. The molecule has 0 saturated carbocycles. The summed E-state index contributed by atoms with van der Waals surface area (Å²) in [5, 5.41) is -2.09. The van der Waals surface area contributed by atoms with Gasteiger partial charge in [-0.1, -0.05) is 28.1 Å². The minimum absolute atomic E-state index is 0.332. The quantitative estimate of drug-likeness (QED) is 0.711. The standard InChI is InChI=1S/C10H11BrO/c11-5-3-8-1-2-10-9(7-8)4-6-12-10/h1-2,7H,3-6H2/i3D2,5D2. The van der Waals surface area contributed by atoms with Crippen LogP contribution in [0.25, 0.3) is 0 Å². The van der Waals surface area contributed by atoms with Crippen LogP contribution in [0, 0.1) is 0 Å². The van der Waals surface area contributed by atoms with E-state index in [1.54, 1.807) is 18.2 Å². The average Bonchev–Trinajstić information content (AvgIpc) is 2.61. The predicted molar refractivity (Wildman–Crippen MR) is 53.1 cm³/mol. The Kier molecular flexibility index (Phi) is 1.35. The van der Waals surface area contributed by atoms with Crippen molar-refractivity contribution in [2.45, 2.75) is 12.8 Å². The Morgan fingerprint density at radius 1 is 1.58 bits per heavy atom. The molecule has 0 aliphatic carbocycles. The molecule has 0 radical (unpaired) electrons. The Labute approximate surface area is 86.5 Å². The molecule has 1 aromatic rings. The van der Waals surface area contributed by atoms with Crippen LogP contribution >= 0.6 is 15.9 Å². The summed E-state index contributed by atoms with van der Waals surface area (Å²) in [4.78, 5) is 0. The number of hydrogen-bond donors (Lipinski definition) is 0. The lowest BCUT2D eigenvalue weighted by Crippen LogP contribution is -1.86. The van der Waals surface area contributed by atoms with Gasteiger partial charge in [0.15, 0.2) is 0 Å². The largest absolute Gasteiger partial charge is 0.493 e. The first-order valence-corrected chi connectivity index (χ1v) is 4.57. The van der Waals surface area contributed by atoms with E-state index in [2.05, 4.69) is 15.9 Å². The van der Waals surface area contributed by atoms with Gasteiger partial charge in [0.25, 0.3) is 0 Å². The summed E-state index contributed by atoms with van der Waals surface area (Å²) < 4.78 is 35.8. The highest BCUT2D eigenvalue weighted by molar-refractivity contribution is 9.09. The molecule has 0 aromatic heterocycles. The fourth-order valence-corrected chi connectivity index (χ4v) is 1.55. The molecule has 1 nitrogen and oxygen atoms in total. The first-order chi connectivity index (χ1) is 7.32. The first kappa shape index (κ1) is 4.66. The summed E-state index contributed by atoms with van der Waals surface area (Å²) in [5.41, 5.74) is 1.27. The third kappa shape index (κ3) is 1.48. The number of ether oxygens (including phenoxy) is 1. The summed E-state index contributed by atoms with van der Waals surface area (Å²) in [6.45, 7) is 0.614. The maximum absolute atomic E-state index is 7.79. The zero-order valence-corrected chi connectivity index (χ0v) is 8.02. The maximum atomic E-state index is 7.79. The van der Waals surface area contributed by atoms with Crippen molar-refractivity contribution in [1.29, 1.82) is 0 Å². The Bertz CT molecular complexity index is 414. The first-order valence-electron chi connectivity index (χ1n) is 5.77. The van der Waals surface area contributed by atoms with Gasteiger partial charge in [0, 0.05) is 17.2 Å². The van der Waals surface area contributed by atoms with E-state index in [1.165, 1.54) is 0 Å². The monoisotopic (exact) mass is 230 g/mol. The van der Waals surface area contributed by atoms with Crippen molar-refractivity contribution < 1.29 is 10.2 Å². The third-order valence-electron chi connectivity index (χ3n) is 1.88. The van der Waals surface area contributed by atoms with Gasteiger partial charge >= 0.3 is 0 Å². The van der Waals surface area contributed by atoms with Gasteiger partial charge in [-0.05, 0) is 23.6 Å². The lowest BCUT2D eigenvalue weighted by Gasteiger charge is -2.01. The van der Waals surface area contributed by atoms with Crippen LogP contribution in [0.2, 0.25) is 0 Å². The molecule has 0 fully saturated rings.